The standard InChI is InChI=1S/2B.2Fe.3O/q;;2*+3;3*-2. The van der Waals surface area contributed by atoms with Gasteiger partial charge in [0.25, 0.3) is 0 Å². The van der Waals surface area contributed by atoms with Crippen molar-refractivity contribution in [3.63, 3.8) is 0 Å². The van der Waals surface area contributed by atoms with Gasteiger partial charge in [-0.25, -0.2) is 0 Å². The molecule has 0 saturated heterocycles. The van der Waals surface area contributed by atoms with Gasteiger partial charge < -0.3 is 16.4 Å². The summed E-state index contributed by atoms with van der Waals surface area (Å²) >= 11 is 0. The second kappa shape index (κ2) is 234. The smallest absolute Gasteiger partial charge is 2.00 e. The Morgan fingerprint density at radius 1 is 0.429 bits per heavy atom. The summed E-state index contributed by atoms with van der Waals surface area (Å²) in [5, 5.41) is 0. The van der Waals surface area contributed by atoms with Crippen LogP contribution in [0.4, 0.5) is 0 Å². The molecule has 0 bridgehead atoms. The third kappa shape index (κ3) is 163. The van der Waals surface area contributed by atoms with Gasteiger partial charge in [-0.2, -0.15) is 0 Å². The van der Waals surface area contributed by atoms with Crippen molar-refractivity contribution in [2.45, 2.75) is 0 Å². The fourth-order valence-corrected chi connectivity index (χ4v) is 0. The van der Waals surface area contributed by atoms with E-state index in [0.29, 0.717) is 0 Å². The molecule has 0 unspecified atom stereocenters. The Kier molecular flexibility index (Phi) is 12200. The Hall–Kier alpha value is 1.05. The molecule has 0 aliphatic carbocycles. The molecule has 3 nitrogen and oxygen atoms in total. The van der Waals surface area contributed by atoms with Gasteiger partial charge in [0.05, 0.1) is 0 Å². The Labute approximate surface area is 67.6 Å². The van der Waals surface area contributed by atoms with E-state index in [1.54, 1.807) is 0 Å². The van der Waals surface area contributed by atoms with Crippen LogP contribution in [0.2, 0.25) is 0 Å². The quantitative estimate of drug-likeness (QED) is 0.424. The topological polar surface area (TPSA) is 85.5 Å². The summed E-state index contributed by atoms with van der Waals surface area (Å²) < 4.78 is 0. The Bertz CT molecular complexity index is 10.9. The second-order valence-corrected chi connectivity index (χ2v) is 0. The first-order valence-corrected chi connectivity index (χ1v) is 0. The predicted octanol–water partition coefficient (Wildman–Crippen LogP) is -1.12. The van der Waals surface area contributed by atoms with Gasteiger partial charge in [-0.3, -0.25) is 0 Å². The normalized spacial score (nSPS) is 0. The maximum absolute atomic E-state index is 0. The van der Waals surface area contributed by atoms with Crippen molar-refractivity contribution in [3.8, 4) is 0 Å². The van der Waals surface area contributed by atoms with E-state index in [1.165, 1.54) is 0 Å². The predicted molar refractivity (Wildman–Crippen MR) is 13.6 cm³/mol. The van der Waals surface area contributed by atoms with Crippen molar-refractivity contribution >= 4 is 16.8 Å². The maximum atomic E-state index is 0. The zero-order chi connectivity index (χ0) is 0. The molecule has 0 aliphatic heterocycles. The summed E-state index contributed by atoms with van der Waals surface area (Å²) in [6.45, 7) is 0. The Balaban J connectivity index is 0. The molecule has 0 atom stereocenters. The first-order valence-electron chi connectivity index (χ1n) is 0. The van der Waals surface area contributed by atoms with Crippen LogP contribution in [0.3, 0.4) is 0 Å². The van der Waals surface area contributed by atoms with Crippen LogP contribution < -0.4 is 0 Å². The van der Waals surface area contributed by atoms with Gasteiger partial charge >= 0.3 is 34.1 Å². The van der Waals surface area contributed by atoms with Crippen LogP contribution in [-0.4, -0.2) is 16.8 Å². The minimum Gasteiger partial charge on any atom is -2.00 e. The minimum absolute atomic E-state index is 0. The molecule has 0 saturated carbocycles. The molecule has 0 aromatic carbocycles. The van der Waals surface area contributed by atoms with Gasteiger partial charge in [0.15, 0.2) is 0 Å². The zero-order valence-electron chi connectivity index (χ0n) is 3.09. The summed E-state index contributed by atoms with van der Waals surface area (Å²) in [6, 6.07) is 0. The number of hydrogen-bond donors (Lipinski definition) is 0. The van der Waals surface area contributed by atoms with E-state index in [-0.39, 0.29) is 67.4 Å². The fourth-order valence-electron chi connectivity index (χ4n) is 0. The molecule has 0 aliphatic rings. The molecule has 0 N–H and O–H groups in total. The Morgan fingerprint density at radius 2 is 0.429 bits per heavy atom. The van der Waals surface area contributed by atoms with E-state index in [0.717, 1.165) is 0 Å². The van der Waals surface area contributed by atoms with E-state index < -0.39 is 0 Å². The van der Waals surface area contributed by atoms with E-state index in [9.17, 15) is 0 Å². The molecule has 0 heterocycles. The van der Waals surface area contributed by atoms with Gasteiger partial charge in [-0.15, -0.1) is 0 Å². The van der Waals surface area contributed by atoms with Crippen LogP contribution in [0.1, 0.15) is 0 Å². The van der Waals surface area contributed by atoms with Crippen molar-refractivity contribution < 1.29 is 50.6 Å². The molecule has 0 fully saturated rings. The van der Waals surface area contributed by atoms with Crippen LogP contribution >= 0.6 is 0 Å². The average molecular weight is 181 g/mol. The number of hydrogen-bond acceptors (Lipinski definition) is 0. The van der Waals surface area contributed by atoms with Gasteiger partial charge in [0, 0.05) is 16.8 Å². The zero-order valence-corrected chi connectivity index (χ0v) is 5.29. The van der Waals surface area contributed by atoms with Crippen molar-refractivity contribution in [2.24, 2.45) is 0 Å². The van der Waals surface area contributed by atoms with Gasteiger partial charge in [-0.1, -0.05) is 0 Å². The third-order valence-corrected chi connectivity index (χ3v) is 0. The molecule has 0 spiro atoms. The molecular formula is B2Fe2O3. The van der Waals surface area contributed by atoms with E-state index in [4.69, 9.17) is 0 Å². The SMILES string of the molecule is [B].[B].[Fe+3].[Fe+3].[O-2].[O-2].[O-2]. The molecular weight excluding hydrogens is 181 g/mol. The summed E-state index contributed by atoms with van der Waals surface area (Å²) in [5.74, 6) is 0. The molecule has 8 radical (unpaired) electrons. The molecule has 0 aromatic rings. The Morgan fingerprint density at radius 3 is 0.429 bits per heavy atom. The van der Waals surface area contributed by atoms with Crippen molar-refractivity contribution in [2.75, 3.05) is 0 Å². The molecule has 40 valence electrons. The summed E-state index contributed by atoms with van der Waals surface area (Å²) in [4.78, 5) is 0. The van der Waals surface area contributed by atoms with Crippen LogP contribution in [-0.2, 0) is 50.6 Å². The third-order valence-electron chi connectivity index (χ3n) is 0. The largest absolute Gasteiger partial charge is 3.00 e. The molecule has 0 aromatic heterocycles. The van der Waals surface area contributed by atoms with Crippen molar-refractivity contribution in [1.82, 2.24) is 0 Å². The molecule has 7 heteroatoms. The minimum atomic E-state index is 0. The summed E-state index contributed by atoms with van der Waals surface area (Å²) in [6.07, 6.45) is 0. The van der Waals surface area contributed by atoms with Crippen molar-refractivity contribution in [3.05, 3.63) is 0 Å². The van der Waals surface area contributed by atoms with Crippen molar-refractivity contribution in [1.29, 1.82) is 0 Å². The fraction of sp³-hybridized carbons (Fsp3) is 0. The van der Waals surface area contributed by atoms with Gasteiger partial charge in [0.2, 0.25) is 0 Å². The number of rotatable bonds is 0. The first-order chi connectivity index (χ1) is 0. The van der Waals surface area contributed by atoms with Crippen LogP contribution in [0, 0.1) is 0 Å². The van der Waals surface area contributed by atoms with Crippen LogP contribution in [0.25, 0.3) is 0 Å². The van der Waals surface area contributed by atoms with Crippen LogP contribution in [0.5, 0.6) is 0 Å². The maximum Gasteiger partial charge on any atom is 3.00 e. The van der Waals surface area contributed by atoms with Gasteiger partial charge in [-0.05, 0) is 0 Å². The summed E-state index contributed by atoms with van der Waals surface area (Å²) in [7, 11) is 0. The molecule has 0 amide bonds. The van der Waals surface area contributed by atoms with E-state index >= 15 is 0 Å². The van der Waals surface area contributed by atoms with Crippen LogP contribution in [0.15, 0.2) is 0 Å². The van der Waals surface area contributed by atoms with E-state index in [1.807, 2.05) is 0 Å². The summed E-state index contributed by atoms with van der Waals surface area (Å²) in [5.41, 5.74) is 0. The van der Waals surface area contributed by atoms with Gasteiger partial charge in [0.1, 0.15) is 0 Å². The molecule has 0 rings (SSSR count). The average Bonchev–Trinajstić information content (AvgIpc) is 0. The monoisotopic (exact) mass is 182 g/mol. The first kappa shape index (κ1) is 364. The van der Waals surface area contributed by atoms with E-state index in [2.05, 4.69) is 0 Å². The molecule has 7 heavy (non-hydrogen) atoms. The second-order valence-electron chi connectivity index (χ2n) is 0.